The van der Waals surface area contributed by atoms with E-state index in [0.29, 0.717) is 5.56 Å². The Morgan fingerprint density at radius 2 is 1.06 bits per heavy atom. The van der Waals surface area contributed by atoms with Gasteiger partial charge in [0.1, 0.15) is 0 Å². The fraction of sp³-hybridized carbons (Fsp3) is 0.667. The van der Waals surface area contributed by atoms with E-state index >= 15 is 0 Å². The van der Waals surface area contributed by atoms with Gasteiger partial charge in [0.2, 0.25) is 0 Å². The van der Waals surface area contributed by atoms with Crippen LogP contribution in [0, 0.1) is 18.8 Å². The maximum absolute atomic E-state index is 14.5. The minimum Gasteiger partial charge on any atom is -0.309 e. The van der Waals surface area contributed by atoms with Crippen LogP contribution in [0.4, 0.5) is 0 Å². The highest BCUT2D eigenvalue weighted by Crippen LogP contribution is 2.82. The van der Waals surface area contributed by atoms with E-state index in [4.69, 9.17) is 27.1 Å². The quantitative estimate of drug-likeness (QED) is 0.143. The van der Waals surface area contributed by atoms with Crippen LogP contribution in [0.15, 0.2) is 24.3 Å². The van der Waals surface area contributed by atoms with Crippen molar-refractivity contribution in [2.24, 2.45) is 0 Å². The summed E-state index contributed by atoms with van der Waals surface area (Å²) in [6, 6.07) is 7.49. The zero-order chi connectivity index (χ0) is 27.3. The van der Waals surface area contributed by atoms with Gasteiger partial charge >= 0.3 is 22.8 Å². The molecule has 0 spiro atoms. The first-order valence-corrected chi connectivity index (χ1v) is 17.1. The molecule has 0 aliphatic heterocycles. The SMILES string of the molecule is CCOP(=O)(CC(CC#Cc1ccc(C)cc1)(P(=O)(OCC)OCC)P(=O)(OCC)OCC)OCC. The van der Waals surface area contributed by atoms with Gasteiger partial charge in [-0.2, -0.15) is 0 Å². The van der Waals surface area contributed by atoms with Gasteiger partial charge in [-0.05, 0) is 60.6 Å². The van der Waals surface area contributed by atoms with E-state index in [1.54, 1.807) is 41.5 Å². The first kappa shape index (κ1) is 33.3. The normalized spacial score (nSPS) is 12.9. The minimum atomic E-state index is -4.36. The van der Waals surface area contributed by atoms with Gasteiger partial charge in [-0.3, -0.25) is 13.7 Å². The molecule has 1 rings (SSSR count). The monoisotopic (exact) mass is 566 g/mol. The Bertz CT molecular complexity index is 938. The molecule has 1 aromatic rings. The first-order chi connectivity index (χ1) is 17.0. The topological polar surface area (TPSA) is 107 Å². The largest absolute Gasteiger partial charge is 0.350 e. The molecule has 0 unspecified atom stereocenters. The summed E-state index contributed by atoms with van der Waals surface area (Å²) < 4.78 is 76.7. The molecule has 0 fully saturated rings. The van der Waals surface area contributed by atoms with E-state index in [0.717, 1.165) is 5.56 Å². The van der Waals surface area contributed by atoms with E-state index in [2.05, 4.69) is 11.8 Å². The van der Waals surface area contributed by atoms with Crippen molar-refractivity contribution in [3.63, 3.8) is 0 Å². The molecule has 1 aromatic carbocycles. The van der Waals surface area contributed by atoms with Crippen molar-refractivity contribution in [1.29, 1.82) is 0 Å². The van der Waals surface area contributed by atoms with Crippen LogP contribution < -0.4 is 0 Å². The highest BCUT2D eigenvalue weighted by Gasteiger charge is 2.67. The van der Waals surface area contributed by atoms with Crippen LogP contribution in [0.1, 0.15) is 59.1 Å². The molecule has 0 amide bonds. The summed E-state index contributed by atoms with van der Waals surface area (Å²) in [6.07, 6.45) is -0.932. The molecule has 36 heavy (non-hydrogen) atoms. The summed E-state index contributed by atoms with van der Waals surface area (Å²) in [6.45, 7) is 11.8. The van der Waals surface area contributed by atoms with Gasteiger partial charge in [-0.25, -0.2) is 0 Å². The average molecular weight is 567 g/mol. The second kappa shape index (κ2) is 15.6. The Kier molecular flexibility index (Phi) is 14.4. The smallest absolute Gasteiger partial charge is 0.309 e. The average Bonchev–Trinajstić information content (AvgIpc) is 2.80. The minimum absolute atomic E-state index is 0.0315. The third kappa shape index (κ3) is 8.37. The van der Waals surface area contributed by atoms with Crippen molar-refractivity contribution in [2.75, 3.05) is 45.8 Å². The zero-order valence-electron chi connectivity index (χ0n) is 22.5. The second-order valence-corrected chi connectivity index (χ2v) is 14.7. The number of hydrogen-bond donors (Lipinski definition) is 0. The summed E-state index contributed by atoms with van der Waals surface area (Å²) >= 11 is 0. The lowest BCUT2D eigenvalue weighted by Gasteiger charge is -2.42. The summed E-state index contributed by atoms with van der Waals surface area (Å²) in [4.78, 5) is -2.09. The molecule has 0 radical (unpaired) electrons. The Hall–Kier alpha value is -0.770. The van der Waals surface area contributed by atoms with Crippen LogP contribution >= 0.6 is 22.8 Å². The van der Waals surface area contributed by atoms with Gasteiger partial charge in [-0.1, -0.05) is 29.5 Å². The van der Waals surface area contributed by atoms with Crippen molar-refractivity contribution in [3.8, 4) is 11.8 Å². The second-order valence-electron chi connectivity index (χ2n) is 7.60. The third-order valence-electron chi connectivity index (χ3n) is 4.97. The number of hydrogen-bond acceptors (Lipinski definition) is 9. The molecule has 0 aliphatic carbocycles. The van der Waals surface area contributed by atoms with Crippen molar-refractivity contribution in [2.45, 2.75) is 59.8 Å². The van der Waals surface area contributed by atoms with Crippen LogP contribution in [0.5, 0.6) is 0 Å². The van der Waals surface area contributed by atoms with Gasteiger partial charge in [0, 0.05) is 12.0 Å². The maximum atomic E-state index is 14.5. The van der Waals surface area contributed by atoms with Crippen molar-refractivity contribution >= 4 is 22.8 Å². The molecule has 9 nitrogen and oxygen atoms in total. The molecule has 0 aromatic heterocycles. The highest BCUT2D eigenvalue weighted by molar-refractivity contribution is 7.75. The first-order valence-electron chi connectivity index (χ1n) is 12.3. The molecule has 0 atom stereocenters. The molecule has 0 heterocycles. The molecule has 12 heteroatoms. The molecule has 0 saturated heterocycles. The van der Waals surface area contributed by atoms with E-state index in [-0.39, 0.29) is 46.1 Å². The molecule has 0 bridgehead atoms. The molecule has 0 N–H and O–H groups in total. The van der Waals surface area contributed by atoms with E-state index in [9.17, 15) is 13.7 Å². The Morgan fingerprint density at radius 3 is 1.42 bits per heavy atom. The molecule has 0 saturated carbocycles. The number of benzene rings is 1. The highest BCUT2D eigenvalue weighted by atomic mass is 31.2. The fourth-order valence-corrected chi connectivity index (χ4v) is 12.7. The molecular weight excluding hydrogens is 525 g/mol. The Morgan fingerprint density at radius 1 is 0.667 bits per heavy atom. The summed E-state index contributed by atoms with van der Waals surface area (Å²) in [5, 5.41) is 0. The number of aryl methyl sites for hydroxylation is 1. The fourth-order valence-electron chi connectivity index (χ4n) is 3.56. The third-order valence-corrected chi connectivity index (χ3v) is 14.2. The van der Waals surface area contributed by atoms with Gasteiger partial charge in [-0.15, -0.1) is 0 Å². The summed E-state index contributed by atoms with van der Waals surface area (Å²) in [5.74, 6) is 5.97. The summed E-state index contributed by atoms with van der Waals surface area (Å²) in [5.41, 5.74) is 1.76. The standard InChI is InChI=1S/C24H41O9P3/c1-8-28-34(25,29-9-2)21-24(35(26,30-10-3)31-11-4,36(27,32-12-5)33-13-6)20-14-15-23-18-16-22(7)17-19-23/h16-19H,8-13,20-21H2,1-7H3. The van der Waals surface area contributed by atoms with E-state index in [1.165, 1.54) is 0 Å². The van der Waals surface area contributed by atoms with Crippen molar-refractivity contribution in [3.05, 3.63) is 35.4 Å². The molecule has 206 valence electrons. The molecular formula is C24H41O9P3. The van der Waals surface area contributed by atoms with Crippen LogP contribution in [-0.4, -0.2) is 50.7 Å². The zero-order valence-corrected chi connectivity index (χ0v) is 25.2. The Balaban J connectivity index is 3.96. The van der Waals surface area contributed by atoms with Crippen LogP contribution in [0.2, 0.25) is 0 Å². The van der Waals surface area contributed by atoms with Gasteiger partial charge < -0.3 is 27.1 Å². The lowest BCUT2D eigenvalue weighted by Crippen LogP contribution is -2.37. The van der Waals surface area contributed by atoms with E-state index in [1.807, 2.05) is 31.2 Å². The van der Waals surface area contributed by atoms with Crippen LogP contribution in [0.3, 0.4) is 0 Å². The Labute approximate surface area is 216 Å². The summed E-state index contributed by atoms with van der Waals surface area (Å²) in [7, 11) is -12.7. The van der Waals surface area contributed by atoms with Crippen LogP contribution in [0.25, 0.3) is 0 Å². The predicted octanol–water partition coefficient (Wildman–Crippen LogP) is 7.23. The maximum Gasteiger partial charge on any atom is 0.350 e. The predicted molar refractivity (Wildman–Crippen MR) is 143 cm³/mol. The van der Waals surface area contributed by atoms with E-state index < -0.39 is 33.8 Å². The lowest BCUT2D eigenvalue weighted by molar-refractivity contribution is 0.173. The molecule has 0 aliphatic rings. The number of rotatable bonds is 17. The van der Waals surface area contributed by atoms with Crippen molar-refractivity contribution in [1.82, 2.24) is 0 Å². The van der Waals surface area contributed by atoms with Crippen molar-refractivity contribution < 1.29 is 40.8 Å². The van der Waals surface area contributed by atoms with Crippen LogP contribution in [-0.2, 0) is 40.8 Å². The van der Waals surface area contributed by atoms with Gasteiger partial charge in [0.25, 0.3) is 0 Å². The van der Waals surface area contributed by atoms with Gasteiger partial charge in [0.05, 0.1) is 45.8 Å². The lowest BCUT2D eigenvalue weighted by atomic mass is 10.1. The van der Waals surface area contributed by atoms with Gasteiger partial charge in [0.15, 0.2) is 4.90 Å².